The number of carbonyl (C=O) groups is 1. The molecular formula is C22H44O5. The van der Waals surface area contributed by atoms with Crippen molar-refractivity contribution in [2.24, 2.45) is 5.92 Å². The van der Waals surface area contributed by atoms with Crippen LogP contribution in [0.25, 0.3) is 0 Å². The molecule has 5 nitrogen and oxygen atoms in total. The van der Waals surface area contributed by atoms with Crippen molar-refractivity contribution in [3.63, 3.8) is 0 Å². The molecule has 0 aromatic rings. The SMILES string of the molecule is CC(C)CCCCCCCCCCCCCCC(=O)OC[C@H](O)[C@H](O)CO. The lowest BCUT2D eigenvalue weighted by Gasteiger charge is -2.15. The van der Waals surface area contributed by atoms with Crippen LogP contribution < -0.4 is 0 Å². The molecule has 0 radical (unpaired) electrons. The van der Waals surface area contributed by atoms with Crippen molar-refractivity contribution in [3.8, 4) is 0 Å². The van der Waals surface area contributed by atoms with Gasteiger partial charge in [-0.25, -0.2) is 0 Å². The van der Waals surface area contributed by atoms with Crippen LogP contribution in [0.15, 0.2) is 0 Å². The highest BCUT2D eigenvalue weighted by atomic mass is 16.5. The first-order valence-electron chi connectivity index (χ1n) is 11.1. The Hall–Kier alpha value is -0.650. The zero-order valence-electron chi connectivity index (χ0n) is 17.7. The van der Waals surface area contributed by atoms with E-state index in [1.54, 1.807) is 0 Å². The van der Waals surface area contributed by atoms with Gasteiger partial charge in [-0.1, -0.05) is 90.9 Å². The van der Waals surface area contributed by atoms with Gasteiger partial charge in [-0.15, -0.1) is 0 Å². The van der Waals surface area contributed by atoms with E-state index >= 15 is 0 Å². The Balaban J connectivity index is 3.25. The second kappa shape index (κ2) is 18.7. The zero-order valence-corrected chi connectivity index (χ0v) is 17.7. The third kappa shape index (κ3) is 18.5. The summed E-state index contributed by atoms with van der Waals surface area (Å²) in [5.41, 5.74) is 0. The van der Waals surface area contributed by atoms with Crippen LogP contribution >= 0.6 is 0 Å². The summed E-state index contributed by atoms with van der Waals surface area (Å²) in [4.78, 5) is 11.5. The Labute approximate surface area is 166 Å². The van der Waals surface area contributed by atoms with Gasteiger partial charge in [0.2, 0.25) is 0 Å². The number of hydrogen-bond acceptors (Lipinski definition) is 5. The minimum absolute atomic E-state index is 0.266. The van der Waals surface area contributed by atoms with Crippen LogP contribution in [0, 0.1) is 5.92 Å². The standard InChI is InChI=1S/C22H44O5/c1-19(2)15-13-11-9-7-5-3-4-6-8-10-12-14-16-22(26)27-18-21(25)20(24)17-23/h19-21,23-25H,3-18H2,1-2H3/t20-,21+/m1/s1. The molecule has 0 unspecified atom stereocenters. The molecule has 2 atom stereocenters. The number of hydrogen-bond donors (Lipinski definition) is 3. The van der Waals surface area contributed by atoms with Crippen molar-refractivity contribution in [2.45, 2.75) is 116 Å². The third-order valence-electron chi connectivity index (χ3n) is 4.96. The van der Waals surface area contributed by atoms with Crippen LogP contribution in [-0.4, -0.2) is 46.7 Å². The van der Waals surface area contributed by atoms with Gasteiger partial charge in [-0.3, -0.25) is 4.79 Å². The summed E-state index contributed by atoms with van der Waals surface area (Å²) in [6.45, 7) is 3.78. The van der Waals surface area contributed by atoms with Crippen LogP contribution in [0.5, 0.6) is 0 Å². The second-order valence-corrected chi connectivity index (χ2v) is 8.18. The molecule has 0 fully saturated rings. The molecule has 27 heavy (non-hydrogen) atoms. The number of ether oxygens (including phenoxy) is 1. The summed E-state index contributed by atoms with van der Waals surface area (Å²) >= 11 is 0. The molecule has 0 saturated carbocycles. The van der Waals surface area contributed by atoms with Crippen LogP contribution in [-0.2, 0) is 9.53 Å². The summed E-state index contributed by atoms with van der Waals surface area (Å²) in [5.74, 6) is 0.488. The number of carbonyl (C=O) groups excluding carboxylic acids is 1. The van der Waals surface area contributed by atoms with Crippen molar-refractivity contribution in [1.82, 2.24) is 0 Å². The lowest BCUT2D eigenvalue weighted by Crippen LogP contribution is -2.34. The topological polar surface area (TPSA) is 87.0 Å². The Kier molecular flexibility index (Phi) is 18.3. The van der Waals surface area contributed by atoms with Crippen molar-refractivity contribution in [2.75, 3.05) is 13.2 Å². The molecule has 0 amide bonds. The highest BCUT2D eigenvalue weighted by Crippen LogP contribution is 2.14. The van der Waals surface area contributed by atoms with Gasteiger partial charge in [0.25, 0.3) is 0 Å². The van der Waals surface area contributed by atoms with Crippen LogP contribution in [0.3, 0.4) is 0 Å². The molecule has 0 heterocycles. The number of esters is 1. The Morgan fingerprint density at radius 3 is 1.63 bits per heavy atom. The first kappa shape index (κ1) is 26.4. The molecule has 0 rings (SSSR count). The maximum atomic E-state index is 11.5. The van der Waals surface area contributed by atoms with Gasteiger partial charge >= 0.3 is 5.97 Å². The average molecular weight is 389 g/mol. The molecule has 3 N–H and O–H groups in total. The summed E-state index contributed by atoms with van der Waals surface area (Å²) in [7, 11) is 0. The van der Waals surface area contributed by atoms with E-state index in [1.807, 2.05) is 0 Å². The predicted octanol–water partition coefficient (Wildman–Crippen LogP) is 4.36. The minimum Gasteiger partial charge on any atom is -0.463 e. The normalized spacial score (nSPS) is 13.7. The zero-order chi connectivity index (χ0) is 20.3. The predicted molar refractivity (Wildman–Crippen MR) is 110 cm³/mol. The highest BCUT2D eigenvalue weighted by molar-refractivity contribution is 5.69. The van der Waals surface area contributed by atoms with Crippen LogP contribution in [0.4, 0.5) is 0 Å². The fraction of sp³-hybridized carbons (Fsp3) is 0.955. The quantitative estimate of drug-likeness (QED) is 0.226. The monoisotopic (exact) mass is 388 g/mol. The van der Waals surface area contributed by atoms with E-state index in [-0.39, 0.29) is 12.6 Å². The maximum Gasteiger partial charge on any atom is 0.305 e. The molecule has 0 aromatic heterocycles. The summed E-state index contributed by atoms with van der Waals surface area (Å²) in [6, 6.07) is 0. The summed E-state index contributed by atoms with van der Waals surface area (Å²) < 4.78 is 4.89. The van der Waals surface area contributed by atoms with Gasteiger partial charge in [-0.05, 0) is 12.3 Å². The largest absolute Gasteiger partial charge is 0.463 e. The first-order chi connectivity index (χ1) is 13.0. The molecule has 0 aromatic carbocycles. The fourth-order valence-corrected chi connectivity index (χ4v) is 3.07. The van der Waals surface area contributed by atoms with Crippen LogP contribution in [0.2, 0.25) is 0 Å². The Morgan fingerprint density at radius 1 is 0.741 bits per heavy atom. The second-order valence-electron chi connectivity index (χ2n) is 8.18. The lowest BCUT2D eigenvalue weighted by molar-refractivity contribution is -0.149. The fourth-order valence-electron chi connectivity index (χ4n) is 3.07. The van der Waals surface area contributed by atoms with E-state index < -0.39 is 18.8 Å². The molecule has 0 aliphatic heterocycles. The number of aliphatic hydroxyl groups is 3. The van der Waals surface area contributed by atoms with Gasteiger partial charge in [0, 0.05) is 6.42 Å². The molecule has 0 aliphatic rings. The van der Waals surface area contributed by atoms with Gasteiger partial charge in [0.15, 0.2) is 0 Å². The van der Waals surface area contributed by atoms with E-state index in [4.69, 9.17) is 14.9 Å². The van der Waals surface area contributed by atoms with E-state index in [9.17, 15) is 9.90 Å². The van der Waals surface area contributed by atoms with Crippen molar-refractivity contribution in [1.29, 1.82) is 0 Å². The van der Waals surface area contributed by atoms with Gasteiger partial charge in [0.1, 0.15) is 18.8 Å². The number of aliphatic hydroxyl groups excluding tert-OH is 3. The molecule has 0 saturated heterocycles. The smallest absolute Gasteiger partial charge is 0.305 e. The Bertz CT molecular complexity index is 333. The van der Waals surface area contributed by atoms with Gasteiger partial charge < -0.3 is 20.1 Å². The molecule has 162 valence electrons. The van der Waals surface area contributed by atoms with Gasteiger partial charge in [0.05, 0.1) is 6.61 Å². The van der Waals surface area contributed by atoms with E-state index in [0.717, 1.165) is 25.2 Å². The summed E-state index contributed by atoms with van der Waals surface area (Å²) in [6.07, 6.45) is 14.3. The average Bonchev–Trinajstić information content (AvgIpc) is 2.65. The molecule has 0 spiro atoms. The van der Waals surface area contributed by atoms with Crippen molar-refractivity contribution < 1.29 is 24.9 Å². The summed E-state index contributed by atoms with van der Waals surface area (Å²) in [5, 5.41) is 27.2. The van der Waals surface area contributed by atoms with E-state index in [1.165, 1.54) is 64.2 Å². The van der Waals surface area contributed by atoms with Gasteiger partial charge in [-0.2, -0.15) is 0 Å². The molecule has 5 heteroatoms. The van der Waals surface area contributed by atoms with Crippen molar-refractivity contribution >= 4 is 5.97 Å². The van der Waals surface area contributed by atoms with Crippen molar-refractivity contribution in [3.05, 3.63) is 0 Å². The molecule has 0 aliphatic carbocycles. The minimum atomic E-state index is -1.26. The first-order valence-corrected chi connectivity index (χ1v) is 11.1. The number of unbranched alkanes of at least 4 members (excludes halogenated alkanes) is 11. The maximum absolute atomic E-state index is 11.5. The third-order valence-corrected chi connectivity index (χ3v) is 4.96. The molecule has 0 bridgehead atoms. The van der Waals surface area contributed by atoms with Crippen LogP contribution in [0.1, 0.15) is 104 Å². The Morgan fingerprint density at radius 2 is 1.19 bits per heavy atom. The highest BCUT2D eigenvalue weighted by Gasteiger charge is 2.17. The van der Waals surface area contributed by atoms with E-state index in [0.29, 0.717) is 6.42 Å². The lowest BCUT2D eigenvalue weighted by atomic mass is 10.0. The molecular weight excluding hydrogens is 344 g/mol. The van der Waals surface area contributed by atoms with E-state index in [2.05, 4.69) is 13.8 Å². The number of rotatable bonds is 19.